The molecule has 116 valence electrons. The van der Waals surface area contributed by atoms with Crippen molar-refractivity contribution < 1.29 is 13.2 Å². The molecule has 1 saturated heterocycles. The Kier molecular flexibility index (Phi) is 5.36. The van der Waals surface area contributed by atoms with Crippen LogP contribution in [0.25, 0.3) is 0 Å². The molecular weight excluding hydrogens is 288 g/mol. The van der Waals surface area contributed by atoms with E-state index in [4.69, 9.17) is 0 Å². The topological polar surface area (TPSA) is 66.5 Å². The van der Waals surface area contributed by atoms with Gasteiger partial charge in [-0.25, -0.2) is 8.42 Å². The summed E-state index contributed by atoms with van der Waals surface area (Å²) in [5.41, 5.74) is 0. The van der Waals surface area contributed by atoms with Crippen molar-refractivity contribution in [3.8, 4) is 0 Å². The molecule has 1 fully saturated rings. The summed E-state index contributed by atoms with van der Waals surface area (Å²) in [5.74, 6) is -0.180. The van der Waals surface area contributed by atoms with Crippen LogP contribution in [0.3, 0.4) is 0 Å². The molecule has 1 amide bonds. The van der Waals surface area contributed by atoms with E-state index in [0.717, 1.165) is 19.3 Å². The Morgan fingerprint density at radius 2 is 2.05 bits per heavy atom. The van der Waals surface area contributed by atoms with Gasteiger partial charge in [0.2, 0.25) is 15.9 Å². The molecule has 0 aliphatic carbocycles. The van der Waals surface area contributed by atoms with E-state index in [1.807, 2.05) is 6.92 Å². The van der Waals surface area contributed by atoms with Gasteiger partial charge in [-0.3, -0.25) is 4.79 Å². The molecule has 1 aliphatic rings. The Bertz CT molecular complexity index is 572. The summed E-state index contributed by atoms with van der Waals surface area (Å²) in [6.45, 7) is 3.06. The molecule has 5 nitrogen and oxygen atoms in total. The fourth-order valence-corrected chi connectivity index (χ4v) is 4.20. The fraction of sp³-hybridized carbons (Fsp3) is 0.533. The minimum atomic E-state index is -3.59. The smallest absolute Gasteiger partial charge is 0.243 e. The molecule has 21 heavy (non-hydrogen) atoms. The first kappa shape index (κ1) is 16.0. The van der Waals surface area contributed by atoms with Gasteiger partial charge in [0, 0.05) is 13.1 Å². The number of nitrogens with one attached hydrogen (secondary N) is 1. The van der Waals surface area contributed by atoms with E-state index in [1.54, 1.807) is 30.3 Å². The van der Waals surface area contributed by atoms with Crippen molar-refractivity contribution in [3.63, 3.8) is 0 Å². The Hall–Kier alpha value is -1.40. The number of nitrogens with zero attached hydrogens (tertiary/aromatic N) is 1. The highest BCUT2D eigenvalue weighted by Crippen LogP contribution is 2.26. The van der Waals surface area contributed by atoms with Crippen LogP contribution in [-0.4, -0.2) is 37.8 Å². The molecule has 0 unspecified atom stereocenters. The predicted molar refractivity (Wildman–Crippen MR) is 81.3 cm³/mol. The number of carbonyl (C=O) groups excluding carboxylic acids is 1. The van der Waals surface area contributed by atoms with Gasteiger partial charge >= 0.3 is 0 Å². The van der Waals surface area contributed by atoms with E-state index in [9.17, 15) is 13.2 Å². The molecule has 6 heteroatoms. The number of amides is 1. The van der Waals surface area contributed by atoms with Crippen LogP contribution < -0.4 is 5.32 Å². The zero-order valence-corrected chi connectivity index (χ0v) is 13.1. The van der Waals surface area contributed by atoms with E-state index in [0.29, 0.717) is 19.5 Å². The van der Waals surface area contributed by atoms with Crippen molar-refractivity contribution in [2.75, 3.05) is 13.1 Å². The van der Waals surface area contributed by atoms with Crippen LogP contribution >= 0.6 is 0 Å². The first-order valence-electron chi connectivity index (χ1n) is 7.42. The molecule has 1 N–H and O–H groups in total. The Morgan fingerprint density at radius 1 is 1.33 bits per heavy atom. The van der Waals surface area contributed by atoms with Crippen molar-refractivity contribution in [1.82, 2.24) is 9.62 Å². The maximum Gasteiger partial charge on any atom is 0.243 e. The molecule has 1 aliphatic heterocycles. The van der Waals surface area contributed by atoms with Gasteiger partial charge in [0.15, 0.2) is 0 Å². The van der Waals surface area contributed by atoms with Gasteiger partial charge in [0.25, 0.3) is 0 Å². The number of hydrogen-bond acceptors (Lipinski definition) is 3. The van der Waals surface area contributed by atoms with Gasteiger partial charge in [-0.15, -0.1) is 0 Å². The van der Waals surface area contributed by atoms with Crippen LogP contribution in [0.15, 0.2) is 35.2 Å². The molecule has 1 heterocycles. The van der Waals surface area contributed by atoms with Gasteiger partial charge in [0.05, 0.1) is 4.90 Å². The predicted octanol–water partition coefficient (Wildman–Crippen LogP) is 1.76. The molecular formula is C15H22N2O3S. The van der Waals surface area contributed by atoms with Gasteiger partial charge in [0.1, 0.15) is 6.04 Å². The minimum Gasteiger partial charge on any atom is -0.355 e. The molecule has 0 bridgehead atoms. The van der Waals surface area contributed by atoms with Gasteiger partial charge in [-0.05, 0) is 31.4 Å². The average molecular weight is 310 g/mol. The number of carbonyl (C=O) groups is 1. The third-order valence-electron chi connectivity index (χ3n) is 3.69. The largest absolute Gasteiger partial charge is 0.355 e. The molecule has 0 saturated carbocycles. The summed E-state index contributed by atoms with van der Waals surface area (Å²) in [7, 11) is -3.59. The van der Waals surface area contributed by atoms with Crippen molar-refractivity contribution >= 4 is 15.9 Å². The third-order valence-corrected chi connectivity index (χ3v) is 5.61. The van der Waals surface area contributed by atoms with Crippen LogP contribution in [0.1, 0.15) is 32.6 Å². The van der Waals surface area contributed by atoms with Crippen molar-refractivity contribution in [3.05, 3.63) is 30.3 Å². The standard InChI is InChI=1S/C15H22N2O3S/c1-2-3-11-16-15(18)14-10-7-12-17(14)21(19,20)13-8-5-4-6-9-13/h4-6,8-9,14H,2-3,7,10-12H2,1H3,(H,16,18)/t14-/m0/s1. The van der Waals surface area contributed by atoms with E-state index in [-0.39, 0.29) is 10.8 Å². The van der Waals surface area contributed by atoms with E-state index < -0.39 is 16.1 Å². The second kappa shape index (κ2) is 7.04. The first-order valence-corrected chi connectivity index (χ1v) is 8.86. The van der Waals surface area contributed by atoms with E-state index in [2.05, 4.69) is 5.32 Å². The van der Waals surface area contributed by atoms with Crippen LogP contribution in [-0.2, 0) is 14.8 Å². The van der Waals surface area contributed by atoms with E-state index >= 15 is 0 Å². The molecule has 0 spiro atoms. The van der Waals surface area contributed by atoms with E-state index in [1.165, 1.54) is 4.31 Å². The summed E-state index contributed by atoms with van der Waals surface area (Å²) >= 11 is 0. The van der Waals surface area contributed by atoms with Crippen molar-refractivity contribution in [1.29, 1.82) is 0 Å². The number of hydrogen-bond donors (Lipinski definition) is 1. The molecule has 2 rings (SSSR count). The Balaban J connectivity index is 2.13. The Morgan fingerprint density at radius 3 is 2.71 bits per heavy atom. The minimum absolute atomic E-state index is 0.180. The normalized spacial score (nSPS) is 19.6. The summed E-state index contributed by atoms with van der Waals surface area (Å²) in [4.78, 5) is 12.4. The van der Waals surface area contributed by atoms with Crippen molar-refractivity contribution in [2.45, 2.75) is 43.5 Å². The zero-order chi connectivity index (χ0) is 15.3. The lowest BCUT2D eigenvalue weighted by molar-refractivity contribution is -0.124. The number of unbranched alkanes of at least 4 members (excludes halogenated alkanes) is 1. The summed E-state index contributed by atoms with van der Waals surface area (Å²) in [5, 5.41) is 2.83. The summed E-state index contributed by atoms with van der Waals surface area (Å²) in [6.07, 6.45) is 3.21. The summed E-state index contributed by atoms with van der Waals surface area (Å²) in [6, 6.07) is 7.72. The molecule has 1 aromatic rings. The molecule has 1 aromatic carbocycles. The second-order valence-corrected chi connectivity index (χ2v) is 7.12. The quantitative estimate of drug-likeness (QED) is 0.814. The lowest BCUT2D eigenvalue weighted by Crippen LogP contribution is -2.46. The lowest BCUT2D eigenvalue weighted by Gasteiger charge is -2.23. The first-order chi connectivity index (χ1) is 10.1. The number of sulfonamides is 1. The van der Waals surface area contributed by atoms with Gasteiger partial charge in [-0.1, -0.05) is 31.5 Å². The van der Waals surface area contributed by atoms with Gasteiger partial charge in [-0.2, -0.15) is 4.31 Å². The van der Waals surface area contributed by atoms with Crippen LogP contribution in [0.2, 0.25) is 0 Å². The van der Waals surface area contributed by atoms with Crippen LogP contribution in [0.4, 0.5) is 0 Å². The molecule has 0 aromatic heterocycles. The molecule has 0 radical (unpaired) electrons. The van der Waals surface area contributed by atoms with Crippen LogP contribution in [0.5, 0.6) is 0 Å². The number of rotatable bonds is 6. The second-order valence-electron chi connectivity index (χ2n) is 5.23. The van der Waals surface area contributed by atoms with Crippen molar-refractivity contribution in [2.24, 2.45) is 0 Å². The average Bonchev–Trinajstić information content (AvgIpc) is 2.98. The van der Waals surface area contributed by atoms with Crippen LogP contribution in [0, 0.1) is 0 Å². The maximum atomic E-state index is 12.6. The Labute approximate surface area is 126 Å². The monoisotopic (exact) mass is 310 g/mol. The highest BCUT2D eigenvalue weighted by molar-refractivity contribution is 7.89. The lowest BCUT2D eigenvalue weighted by atomic mass is 10.2. The maximum absolute atomic E-state index is 12.6. The summed E-state index contributed by atoms with van der Waals surface area (Å²) < 4.78 is 26.6. The highest BCUT2D eigenvalue weighted by Gasteiger charge is 2.39. The third kappa shape index (κ3) is 3.63. The zero-order valence-electron chi connectivity index (χ0n) is 12.3. The number of benzene rings is 1. The molecule has 1 atom stereocenters. The highest BCUT2D eigenvalue weighted by atomic mass is 32.2. The fourth-order valence-electron chi connectivity index (χ4n) is 2.52. The van der Waals surface area contributed by atoms with Gasteiger partial charge < -0.3 is 5.32 Å². The SMILES string of the molecule is CCCCNC(=O)[C@@H]1CCCN1S(=O)(=O)c1ccccc1.